The summed E-state index contributed by atoms with van der Waals surface area (Å²) in [5, 5.41) is 8.67. The van der Waals surface area contributed by atoms with Crippen LogP contribution in [0, 0.1) is 18.8 Å². The smallest absolute Gasteiger partial charge is 0.240 e. The number of hydrogen-bond donors (Lipinski definition) is 2. The molecule has 0 radical (unpaired) electrons. The highest BCUT2D eigenvalue weighted by molar-refractivity contribution is 7.89. The molecule has 1 aromatic rings. The van der Waals surface area contributed by atoms with Crippen LogP contribution < -0.4 is 4.72 Å². The number of rotatable bonds is 6. The second-order valence-electron chi connectivity index (χ2n) is 4.15. The van der Waals surface area contributed by atoms with Crippen LogP contribution in [0.15, 0.2) is 23.1 Å². The van der Waals surface area contributed by atoms with Gasteiger partial charge in [0.05, 0.1) is 18.1 Å². The van der Waals surface area contributed by atoms with E-state index in [2.05, 4.69) is 16.6 Å². The lowest BCUT2D eigenvalue weighted by molar-refractivity contribution is 0.204. The van der Waals surface area contributed by atoms with Crippen molar-refractivity contribution in [3.63, 3.8) is 0 Å². The van der Waals surface area contributed by atoms with Gasteiger partial charge in [0, 0.05) is 25.6 Å². The standard InChI is InChI=1S/C14H19NO4S/c1-12-6-7-13(5-3-4-9-16)11-14(12)20(17,18)15-8-10-19-2/h6-7,11,15-16H,4,8-10H2,1-2H3. The molecule has 0 unspecified atom stereocenters. The van der Waals surface area contributed by atoms with Gasteiger partial charge < -0.3 is 9.84 Å². The van der Waals surface area contributed by atoms with Crippen LogP contribution in [0.1, 0.15) is 17.5 Å². The van der Waals surface area contributed by atoms with E-state index in [1.54, 1.807) is 19.1 Å². The summed E-state index contributed by atoms with van der Waals surface area (Å²) < 4.78 is 31.6. The van der Waals surface area contributed by atoms with Gasteiger partial charge in [0.1, 0.15) is 0 Å². The fourth-order valence-corrected chi connectivity index (χ4v) is 2.83. The minimum Gasteiger partial charge on any atom is -0.395 e. The zero-order valence-electron chi connectivity index (χ0n) is 11.6. The lowest BCUT2D eigenvalue weighted by Crippen LogP contribution is -2.27. The number of benzene rings is 1. The third kappa shape index (κ3) is 4.94. The van der Waals surface area contributed by atoms with E-state index in [4.69, 9.17) is 9.84 Å². The van der Waals surface area contributed by atoms with Gasteiger partial charge in [-0.3, -0.25) is 0 Å². The van der Waals surface area contributed by atoms with Gasteiger partial charge in [-0.1, -0.05) is 17.9 Å². The third-order valence-electron chi connectivity index (χ3n) is 2.55. The first-order chi connectivity index (χ1) is 9.51. The predicted octanol–water partition coefficient (Wildman–Crippen LogP) is 0.654. The molecule has 0 aromatic heterocycles. The zero-order chi connectivity index (χ0) is 15.0. The number of methoxy groups -OCH3 is 1. The van der Waals surface area contributed by atoms with E-state index in [0.717, 1.165) is 0 Å². The zero-order valence-corrected chi connectivity index (χ0v) is 12.5. The van der Waals surface area contributed by atoms with E-state index in [-0.39, 0.29) is 18.0 Å². The quantitative estimate of drug-likeness (QED) is 0.597. The Kier molecular flexibility index (Phi) is 6.68. The molecule has 110 valence electrons. The topological polar surface area (TPSA) is 75.6 Å². The number of aliphatic hydroxyl groups excluding tert-OH is 1. The van der Waals surface area contributed by atoms with Gasteiger partial charge in [-0.05, 0) is 24.6 Å². The monoisotopic (exact) mass is 297 g/mol. The molecule has 5 nitrogen and oxygen atoms in total. The van der Waals surface area contributed by atoms with Crippen molar-refractivity contribution in [3.05, 3.63) is 29.3 Å². The molecule has 2 N–H and O–H groups in total. The summed E-state index contributed by atoms with van der Waals surface area (Å²) in [6.45, 7) is 2.26. The van der Waals surface area contributed by atoms with Crippen molar-refractivity contribution in [2.75, 3.05) is 26.9 Å². The lowest BCUT2D eigenvalue weighted by atomic mass is 10.1. The van der Waals surface area contributed by atoms with Gasteiger partial charge >= 0.3 is 0 Å². The van der Waals surface area contributed by atoms with Crippen LogP contribution in [-0.2, 0) is 14.8 Å². The molecule has 0 spiro atoms. The molecular weight excluding hydrogens is 278 g/mol. The lowest BCUT2D eigenvalue weighted by Gasteiger charge is -2.09. The van der Waals surface area contributed by atoms with Crippen molar-refractivity contribution in [2.24, 2.45) is 0 Å². The maximum absolute atomic E-state index is 12.2. The Morgan fingerprint density at radius 2 is 2.15 bits per heavy atom. The van der Waals surface area contributed by atoms with E-state index in [1.807, 2.05) is 0 Å². The molecular formula is C14H19NO4S. The number of hydrogen-bond acceptors (Lipinski definition) is 4. The molecule has 0 saturated heterocycles. The molecule has 0 atom stereocenters. The third-order valence-corrected chi connectivity index (χ3v) is 4.15. The first-order valence-corrected chi connectivity index (χ1v) is 7.68. The number of sulfonamides is 1. The maximum atomic E-state index is 12.2. The summed E-state index contributed by atoms with van der Waals surface area (Å²) in [5.74, 6) is 5.59. The van der Waals surface area contributed by atoms with Gasteiger partial charge in [-0.25, -0.2) is 13.1 Å². The number of aryl methyl sites for hydroxylation is 1. The summed E-state index contributed by atoms with van der Waals surface area (Å²) in [6, 6.07) is 5.01. The Bertz CT molecular complexity index is 599. The largest absolute Gasteiger partial charge is 0.395 e. The fourth-order valence-electron chi connectivity index (χ4n) is 1.54. The molecule has 0 amide bonds. The van der Waals surface area contributed by atoms with Crippen molar-refractivity contribution < 1.29 is 18.3 Å². The van der Waals surface area contributed by atoms with Crippen LogP contribution in [0.25, 0.3) is 0 Å². The number of ether oxygens (including phenoxy) is 1. The van der Waals surface area contributed by atoms with Crippen LogP contribution in [0.4, 0.5) is 0 Å². The maximum Gasteiger partial charge on any atom is 0.240 e. The Morgan fingerprint density at radius 3 is 2.80 bits per heavy atom. The molecule has 6 heteroatoms. The molecule has 20 heavy (non-hydrogen) atoms. The minimum atomic E-state index is -3.56. The highest BCUT2D eigenvalue weighted by atomic mass is 32.2. The highest BCUT2D eigenvalue weighted by Gasteiger charge is 2.16. The van der Waals surface area contributed by atoms with Crippen molar-refractivity contribution in [1.82, 2.24) is 4.72 Å². The molecule has 0 bridgehead atoms. The number of nitrogens with one attached hydrogen (secondary N) is 1. The van der Waals surface area contributed by atoms with E-state index < -0.39 is 10.0 Å². The summed E-state index contributed by atoms with van der Waals surface area (Å²) in [7, 11) is -2.05. The molecule has 0 saturated carbocycles. The SMILES string of the molecule is COCCNS(=O)(=O)c1cc(C#CCCO)ccc1C. The Labute approximate surface area is 120 Å². The van der Waals surface area contributed by atoms with Crippen LogP contribution in [0.3, 0.4) is 0 Å². The van der Waals surface area contributed by atoms with E-state index in [1.165, 1.54) is 13.2 Å². The summed E-state index contributed by atoms with van der Waals surface area (Å²) in [4.78, 5) is 0.212. The first-order valence-electron chi connectivity index (χ1n) is 6.20. The summed E-state index contributed by atoms with van der Waals surface area (Å²) >= 11 is 0. The van der Waals surface area contributed by atoms with Crippen LogP contribution in [0.5, 0.6) is 0 Å². The van der Waals surface area contributed by atoms with Crippen molar-refractivity contribution >= 4 is 10.0 Å². The average Bonchev–Trinajstić information content (AvgIpc) is 2.41. The second kappa shape index (κ2) is 8.02. The van der Waals surface area contributed by atoms with Gasteiger partial charge in [0.25, 0.3) is 0 Å². The first kappa shape index (κ1) is 16.7. The van der Waals surface area contributed by atoms with Crippen LogP contribution in [-0.4, -0.2) is 40.4 Å². The summed E-state index contributed by atoms with van der Waals surface area (Å²) in [5.41, 5.74) is 1.26. The summed E-state index contributed by atoms with van der Waals surface area (Å²) in [6.07, 6.45) is 0.363. The van der Waals surface area contributed by atoms with Crippen molar-refractivity contribution in [1.29, 1.82) is 0 Å². The van der Waals surface area contributed by atoms with Gasteiger partial charge in [0.15, 0.2) is 0 Å². The second-order valence-corrected chi connectivity index (χ2v) is 5.88. The molecule has 0 heterocycles. The molecule has 1 rings (SSSR count). The van der Waals surface area contributed by atoms with Gasteiger partial charge in [0.2, 0.25) is 10.0 Å². The van der Waals surface area contributed by atoms with Crippen molar-refractivity contribution in [2.45, 2.75) is 18.2 Å². The van der Waals surface area contributed by atoms with E-state index in [0.29, 0.717) is 24.2 Å². The number of aliphatic hydroxyl groups is 1. The van der Waals surface area contributed by atoms with E-state index in [9.17, 15) is 8.42 Å². The fraction of sp³-hybridized carbons (Fsp3) is 0.429. The molecule has 0 aliphatic rings. The Hall–Kier alpha value is -1.39. The Balaban J connectivity index is 2.99. The van der Waals surface area contributed by atoms with Crippen LogP contribution >= 0.6 is 0 Å². The van der Waals surface area contributed by atoms with E-state index >= 15 is 0 Å². The van der Waals surface area contributed by atoms with Gasteiger partial charge in [-0.2, -0.15) is 0 Å². The predicted molar refractivity (Wildman–Crippen MR) is 76.8 cm³/mol. The highest BCUT2D eigenvalue weighted by Crippen LogP contribution is 2.16. The molecule has 1 aromatic carbocycles. The Morgan fingerprint density at radius 1 is 1.40 bits per heavy atom. The van der Waals surface area contributed by atoms with Gasteiger partial charge in [-0.15, -0.1) is 0 Å². The van der Waals surface area contributed by atoms with Crippen molar-refractivity contribution in [3.8, 4) is 11.8 Å². The average molecular weight is 297 g/mol. The molecule has 0 aliphatic carbocycles. The molecule has 0 aliphatic heterocycles. The van der Waals surface area contributed by atoms with Crippen LogP contribution in [0.2, 0.25) is 0 Å². The normalized spacial score (nSPS) is 10.9. The minimum absolute atomic E-state index is 0.0113. The molecule has 0 fully saturated rings.